The summed E-state index contributed by atoms with van der Waals surface area (Å²) < 4.78 is 2.01. The fourth-order valence-corrected chi connectivity index (χ4v) is 2.27. The number of benzene rings is 1. The molecule has 0 saturated heterocycles. The summed E-state index contributed by atoms with van der Waals surface area (Å²) >= 11 is 0. The second kappa shape index (κ2) is 7.75. The van der Waals surface area contributed by atoms with Crippen LogP contribution in [0.15, 0.2) is 43.0 Å². The number of carbonyl (C=O) groups excluding carboxylic acids is 1. The van der Waals surface area contributed by atoms with Crippen LogP contribution in [-0.4, -0.2) is 21.5 Å². The first-order valence-electron chi connectivity index (χ1n) is 7.67. The molecule has 0 fully saturated rings. The summed E-state index contributed by atoms with van der Waals surface area (Å²) in [4.78, 5) is 16.1. The molecule has 0 aliphatic carbocycles. The lowest BCUT2D eigenvalue weighted by atomic mass is 9.99. The highest BCUT2D eigenvalue weighted by Crippen LogP contribution is 2.11. The van der Waals surface area contributed by atoms with Crippen LogP contribution < -0.4 is 11.1 Å². The van der Waals surface area contributed by atoms with Gasteiger partial charge in [-0.15, -0.1) is 0 Å². The topological polar surface area (TPSA) is 72.9 Å². The van der Waals surface area contributed by atoms with E-state index in [2.05, 4.69) is 16.4 Å². The first-order chi connectivity index (χ1) is 10.6. The van der Waals surface area contributed by atoms with Gasteiger partial charge in [-0.2, -0.15) is 0 Å². The molecule has 5 heteroatoms. The first-order valence-corrected chi connectivity index (χ1v) is 7.67. The Morgan fingerprint density at radius 1 is 1.36 bits per heavy atom. The lowest BCUT2D eigenvalue weighted by molar-refractivity contribution is -0.123. The summed E-state index contributed by atoms with van der Waals surface area (Å²) in [5.41, 5.74) is 8.22. The molecule has 2 unspecified atom stereocenters. The highest BCUT2D eigenvalue weighted by atomic mass is 16.2. The molecule has 0 aliphatic heterocycles. The number of rotatable bonds is 7. The largest absolute Gasteiger partial charge is 0.351 e. The van der Waals surface area contributed by atoms with Crippen LogP contribution in [0.4, 0.5) is 0 Å². The van der Waals surface area contributed by atoms with E-state index in [9.17, 15) is 4.79 Å². The molecular formula is C17H24N4O. The smallest absolute Gasteiger partial charge is 0.237 e. The molecule has 2 rings (SSSR count). The summed E-state index contributed by atoms with van der Waals surface area (Å²) in [5.74, 6) is 0.0907. The van der Waals surface area contributed by atoms with E-state index in [1.807, 2.05) is 42.8 Å². The minimum Gasteiger partial charge on any atom is -0.351 e. The van der Waals surface area contributed by atoms with E-state index in [0.29, 0.717) is 6.54 Å². The van der Waals surface area contributed by atoms with Crippen molar-refractivity contribution in [2.24, 2.45) is 11.7 Å². The van der Waals surface area contributed by atoms with E-state index in [0.717, 1.165) is 24.1 Å². The van der Waals surface area contributed by atoms with Gasteiger partial charge >= 0.3 is 0 Å². The van der Waals surface area contributed by atoms with Gasteiger partial charge in [-0.3, -0.25) is 4.79 Å². The number of hydrogen-bond donors (Lipinski definition) is 2. The predicted molar refractivity (Wildman–Crippen MR) is 87.0 cm³/mol. The molecule has 1 aromatic carbocycles. The van der Waals surface area contributed by atoms with Crippen LogP contribution in [0.3, 0.4) is 0 Å². The van der Waals surface area contributed by atoms with E-state index in [4.69, 9.17) is 5.73 Å². The minimum atomic E-state index is -0.453. The van der Waals surface area contributed by atoms with Gasteiger partial charge in [0, 0.05) is 25.5 Å². The predicted octanol–water partition coefficient (Wildman–Crippen LogP) is 1.92. The van der Waals surface area contributed by atoms with Gasteiger partial charge in [0.05, 0.1) is 12.4 Å². The SMILES string of the molecule is CCC(C)C(N)C(=O)NCc1ccccc1Cn1ccnc1. The van der Waals surface area contributed by atoms with Gasteiger partial charge in [0.25, 0.3) is 0 Å². The van der Waals surface area contributed by atoms with Crippen molar-refractivity contribution in [3.05, 3.63) is 54.1 Å². The Labute approximate surface area is 131 Å². The van der Waals surface area contributed by atoms with Gasteiger partial charge < -0.3 is 15.6 Å². The zero-order valence-electron chi connectivity index (χ0n) is 13.2. The second-order valence-electron chi connectivity index (χ2n) is 5.63. The highest BCUT2D eigenvalue weighted by Gasteiger charge is 2.19. The van der Waals surface area contributed by atoms with Gasteiger partial charge in [-0.05, 0) is 17.0 Å². The van der Waals surface area contributed by atoms with Crippen LogP contribution in [0.5, 0.6) is 0 Å². The normalized spacial score (nSPS) is 13.6. The number of nitrogens with zero attached hydrogens (tertiary/aromatic N) is 2. The Bertz CT molecular complexity index is 594. The highest BCUT2D eigenvalue weighted by molar-refractivity contribution is 5.81. The van der Waals surface area contributed by atoms with Crippen molar-refractivity contribution < 1.29 is 4.79 Å². The molecule has 0 spiro atoms. The number of amides is 1. The Balaban J connectivity index is 1.99. The number of nitrogens with two attached hydrogens (primary N) is 1. The lowest BCUT2D eigenvalue weighted by Crippen LogP contribution is -2.44. The average Bonchev–Trinajstić information content (AvgIpc) is 3.05. The van der Waals surface area contributed by atoms with Crippen LogP contribution in [0, 0.1) is 5.92 Å². The molecule has 0 bridgehead atoms. The summed E-state index contributed by atoms with van der Waals surface area (Å²) in [5, 5.41) is 2.95. The second-order valence-corrected chi connectivity index (χ2v) is 5.63. The van der Waals surface area contributed by atoms with E-state index < -0.39 is 6.04 Å². The molecule has 2 aromatic rings. The molecule has 22 heavy (non-hydrogen) atoms. The fourth-order valence-electron chi connectivity index (χ4n) is 2.27. The summed E-state index contributed by atoms with van der Waals surface area (Å²) in [7, 11) is 0. The van der Waals surface area contributed by atoms with Crippen LogP contribution >= 0.6 is 0 Å². The third-order valence-corrected chi connectivity index (χ3v) is 4.04. The lowest BCUT2D eigenvalue weighted by Gasteiger charge is -2.18. The molecule has 1 heterocycles. The maximum atomic E-state index is 12.1. The first kappa shape index (κ1) is 16.2. The third kappa shape index (κ3) is 4.18. The van der Waals surface area contributed by atoms with E-state index in [1.54, 1.807) is 12.5 Å². The summed E-state index contributed by atoms with van der Waals surface area (Å²) in [6, 6.07) is 7.62. The van der Waals surface area contributed by atoms with Crippen LogP contribution in [0.1, 0.15) is 31.4 Å². The van der Waals surface area contributed by atoms with Gasteiger partial charge in [0.1, 0.15) is 0 Å². The number of hydrogen-bond acceptors (Lipinski definition) is 3. The van der Waals surface area contributed by atoms with Crippen LogP contribution in [0.25, 0.3) is 0 Å². The molecule has 0 saturated carbocycles. The average molecular weight is 300 g/mol. The molecule has 1 aromatic heterocycles. The van der Waals surface area contributed by atoms with Crippen molar-refractivity contribution in [1.29, 1.82) is 0 Å². The molecule has 5 nitrogen and oxygen atoms in total. The maximum absolute atomic E-state index is 12.1. The van der Waals surface area contributed by atoms with Crippen molar-refractivity contribution in [1.82, 2.24) is 14.9 Å². The van der Waals surface area contributed by atoms with E-state index in [-0.39, 0.29) is 11.8 Å². The Kier molecular flexibility index (Phi) is 5.72. The van der Waals surface area contributed by atoms with Crippen molar-refractivity contribution >= 4 is 5.91 Å². The summed E-state index contributed by atoms with van der Waals surface area (Å²) in [6.45, 7) is 5.27. The Morgan fingerprint density at radius 3 is 2.73 bits per heavy atom. The molecule has 1 amide bonds. The van der Waals surface area contributed by atoms with Crippen molar-refractivity contribution in [2.45, 2.75) is 39.4 Å². The molecular weight excluding hydrogens is 276 g/mol. The van der Waals surface area contributed by atoms with Crippen molar-refractivity contribution in [3.63, 3.8) is 0 Å². The van der Waals surface area contributed by atoms with Gasteiger partial charge in [0.15, 0.2) is 0 Å². The zero-order chi connectivity index (χ0) is 15.9. The molecule has 118 valence electrons. The standard InChI is InChI=1S/C17H24N4O/c1-3-13(2)16(18)17(22)20-10-14-6-4-5-7-15(14)11-21-9-8-19-12-21/h4-9,12-13,16H,3,10-11,18H2,1-2H3,(H,20,22). The fraction of sp³-hybridized carbons (Fsp3) is 0.412. The van der Waals surface area contributed by atoms with Crippen LogP contribution in [-0.2, 0) is 17.9 Å². The van der Waals surface area contributed by atoms with E-state index in [1.165, 1.54) is 0 Å². The molecule has 3 N–H and O–H groups in total. The van der Waals surface area contributed by atoms with E-state index >= 15 is 0 Å². The van der Waals surface area contributed by atoms with Gasteiger partial charge in [0.2, 0.25) is 5.91 Å². The van der Waals surface area contributed by atoms with Crippen molar-refractivity contribution in [3.8, 4) is 0 Å². The zero-order valence-corrected chi connectivity index (χ0v) is 13.2. The van der Waals surface area contributed by atoms with Gasteiger partial charge in [-0.25, -0.2) is 4.98 Å². The van der Waals surface area contributed by atoms with Crippen LogP contribution in [0.2, 0.25) is 0 Å². The number of nitrogens with one attached hydrogen (secondary N) is 1. The minimum absolute atomic E-state index is 0.0909. The number of imidazole rings is 1. The van der Waals surface area contributed by atoms with Crippen molar-refractivity contribution in [2.75, 3.05) is 0 Å². The molecule has 0 aliphatic rings. The Morgan fingerprint density at radius 2 is 2.09 bits per heavy atom. The van der Waals surface area contributed by atoms with Gasteiger partial charge in [-0.1, -0.05) is 44.5 Å². The summed E-state index contributed by atoms with van der Waals surface area (Å²) in [6.07, 6.45) is 6.36. The monoisotopic (exact) mass is 300 g/mol. The number of aromatic nitrogens is 2. The maximum Gasteiger partial charge on any atom is 0.237 e. The molecule has 0 radical (unpaired) electrons. The number of carbonyl (C=O) groups is 1. The Hall–Kier alpha value is -2.14. The third-order valence-electron chi connectivity index (χ3n) is 4.04. The molecule has 2 atom stereocenters. The quantitative estimate of drug-likeness (QED) is 0.820.